The SMILES string of the molecule is CCCCC/C=C\C/C=C\CCCCCCCCCC(=O)OCCCCCCCCCCCCCCC(=O)NC(CO)C(O)/C=C/CCCCCCCCCCCC. The highest BCUT2D eigenvalue weighted by atomic mass is 16.5. The largest absolute Gasteiger partial charge is 0.466 e. The number of ether oxygens (including phenoxy) is 1. The number of hydrogen-bond acceptors (Lipinski definition) is 5. The highest BCUT2D eigenvalue weighted by molar-refractivity contribution is 5.76. The van der Waals surface area contributed by atoms with Crippen molar-refractivity contribution < 1.29 is 24.5 Å². The lowest BCUT2D eigenvalue weighted by Gasteiger charge is -2.20. The summed E-state index contributed by atoms with van der Waals surface area (Å²) in [5, 5.41) is 23.0. The molecule has 0 saturated heterocycles. The normalized spacial score (nSPS) is 13.0. The van der Waals surface area contributed by atoms with Crippen molar-refractivity contribution in [3.63, 3.8) is 0 Å². The second-order valence-electron chi connectivity index (χ2n) is 17.1. The maximum atomic E-state index is 12.4. The topological polar surface area (TPSA) is 95.9 Å². The number of hydrogen-bond donors (Lipinski definition) is 3. The van der Waals surface area contributed by atoms with E-state index >= 15 is 0 Å². The summed E-state index contributed by atoms with van der Waals surface area (Å²) in [6.45, 7) is 4.82. The van der Waals surface area contributed by atoms with E-state index in [-0.39, 0.29) is 18.5 Å². The Labute approximate surface area is 360 Å². The van der Waals surface area contributed by atoms with Gasteiger partial charge in [-0.05, 0) is 64.2 Å². The molecule has 0 fully saturated rings. The van der Waals surface area contributed by atoms with E-state index in [0.717, 1.165) is 64.2 Å². The van der Waals surface area contributed by atoms with Gasteiger partial charge in [-0.3, -0.25) is 9.59 Å². The van der Waals surface area contributed by atoms with Crippen LogP contribution in [0.1, 0.15) is 258 Å². The molecule has 2 unspecified atom stereocenters. The molecule has 0 heterocycles. The van der Waals surface area contributed by atoms with Gasteiger partial charge in [0.05, 0.1) is 25.4 Å². The van der Waals surface area contributed by atoms with Crippen LogP contribution in [0.5, 0.6) is 0 Å². The van der Waals surface area contributed by atoms with E-state index in [1.807, 2.05) is 6.08 Å². The average molecular weight is 816 g/mol. The number of carbonyl (C=O) groups is 2. The smallest absolute Gasteiger partial charge is 0.305 e. The van der Waals surface area contributed by atoms with Gasteiger partial charge in [0, 0.05) is 12.8 Å². The summed E-state index contributed by atoms with van der Waals surface area (Å²) in [5.41, 5.74) is 0. The van der Waals surface area contributed by atoms with Crippen LogP contribution in [0.4, 0.5) is 0 Å². The van der Waals surface area contributed by atoms with Crippen LogP contribution in [-0.2, 0) is 14.3 Å². The van der Waals surface area contributed by atoms with Crippen LogP contribution in [0.15, 0.2) is 36.5 Å². The zero-order chi connectivity index (χ0) is 42.3. The summed E-state index contributed by atoms with van der Waals surface area (Å²) in [7, 11) is 0. The van der Waals surface area contributed by atoms with Gasteiger partial charge in [-0.15, -0.1) is 0 Å². The molecule has 6 heteroatoms. The number of esters is 1. The summed E-state index contributed by atoms with van der Waals surface area (Å²) < 4.78 is 5.46. The lowest BCUT2D eigenvalue weighted by atomic mass is 10.0. The lowest BCUT2D eigenvalue weighted by Crippen LogP contribution is -2.45. The van der Waals surface area contributed by atoms with E-state index in [0.29, 0.717) is 19.4 Å². The van der Waals surface area contributed by atoms with Crippen LogP contribution in [0.2, 0.25) is 0 Å². The van der Waals surface area contributed by atoms with Gasteiger partial charge in [0.1, 0.15) is 0 Å². The summed E-state index contributed by atoms with van der Waals surface area (Å²) >= 11 is 0. The Kier molecular flexibility index (Phi) is 46.2. The van der Waals surface area contributed by atoms with Crippen molar-refractivity contribution in [3.05, 3.63) is 36.5 Å². The van der Waals surface area contributed by atoms with Crippen LogP contribution in [0, 0.1) is 0 Å². The molecule has 0 rings (SSSR count). The van der Waals surface area contributed by atoms with Crippen LogP contribution < -0.4 is 5.32 Å². The number of rotatable bonds is 46. The van der Waals surface area contributed by atoms with E-state index < -0.39 is 12.1 Å². The molecule has 3 N–H and O–H groups in total. The number of aliphatic hydroxyl groups is 2. The van der Waals surface area contributed by atoms with Crippen molar-refractivity contribution >= 4 is 11.9 Å². The Morgan fingerprint density at radius 3 is 1.34 bits per heavy atom. The Hall–Kier alpha value is -1.92. The molecule has 0 aliphatic heterocycles. The van der Waals surface area contributed by atoms with Gasteiger partial charge in [-0.2, -0.15) is 0 Å². The minimum Gasteiger partial charge on any atom is -0.466 e. The average Bonchev–Trinajstić information content (AvgIpc) is 3.22. The summed E-state index contributed by atoms with van der Waals surface area (Å²) in [6.07, 6.45) is 57.0. The third-order valence-corrected chi connectivity index (χ3v) is 11.4. The van der Waals surface area contributed by atoms with Gasteiger partial charge in [-0.25, -0.2) is 0 Å². The summed E-state index contributed by atoms with van der Waals surface area (Å²) in [6, 6.07) is -0.639. The molecule has 2 atom stereocenters. The first kappa shape index (κ1) is 56.1. The molecule has 0 radical (unpaired) electrons. The minimum atomic E-state index is -0.854. The van der Waals surface area contributed by atoms with E-state index in [9.17, 15) is 19.8 Å². The molecule has 1 amide bonds. The van der Waals surface area contributed by atoms with E-state index in [1.165, 1.54) is 167 Å². The lowest BCUT2D eigenvalue weighted by molar-refractivity contribution is -0.143. The third-order valence-electron chi connectivity index (χ3n) is 11.4. The number of nitrogens with one attached hydrogen (secondary N) is 1. The van der Waals surface area contributed by atoms with Crippen molar-refractivity contribution in [2.75, 3.05) is 13.2 Å². The molecule has 0 aliphatic rings. The number of amides is 1. The standard InChI is InChI=1S/C52H97NO5/c1-3-5-7-9-11-13-15-17-18-19-20-21-26-30-34-38-42-46-52(57)58-47-43-39-35-31-27-23-22-25-29-33-37-41-45-51(56)53-49(48-54)50(55)44-40-36-32-28-24-16-14-12-10-8-6-4-2/h11,13,17-18,40,44,49-50,54-55H,3-10,12,14-16,19-39,41-43,45-48H2,1-2H3,(H,53,56)/b13-11-,18-17-,44-40+. The van der Waals surface area contributed by atoms with Crippen molar-refractivity contribution in [3.8, 4) is 0 Å². The van der Waals surface area contributed by atoms with Gasteiger partial charge >= 0.3 is 5.97 Å². The first-order chi connectivity index (χ1) is 28.5. The van der Waals surface area contributed by atoms with Crippen molar-refractivity contribution in [1.29, 1.82) is 0 Å². The number of aliphatic hydroxyl groups excluding tert-OH is 2. The number of carbonyl (C=O) groups excluding carboxylic acids is 2. The molecule has 0 spiro atoms. The molecule has 58 heavy (non-hydrogen) atoms. The second kappa shape index (κ2) is 47.8. The fourth-order valence-corrected chi connectivity index (χ4v) is 7.49. The Bertz CT molecular complexity index is 946. The highest BCUT2D eigenvalue weighted by Gasteiger charge is 2.18. The van der Waals surface area contributed by atoms with Crippen molar-refractivity contribution in [2.45, 2.75) is 270 Å². The van der Waals surface area contributed by atoms with E-state index in [2.05, 4.69) is 43.5 Å². The molecule has 0 aromatic carbocycles. The molecule has 0 aliphatic carbocycles. The highest BCUT2D eigenvalue weighted by Crippen LogP contribution is 2.15. The fourth-order valence-electron chi connectivity index (χ4n) is 7.49. The molecule has 0 saturated carbocycles. The first-order valence-corrected chi connectivity index (χ1v) is 25.3. The molecular weight excluding hydrogens is 719 g/mol. The maximum Gasteiger partial charge on any atom is 0.305 e. The quantitative estimate of drug-likeness (QED) is 0.0323. The Balaban J connectivity index is 3.48. The molecule has 6 nitrogen and oxygen atoms in total. The predicted octanol–water partition coefficient (Wildman–Crippen LogP) is 14.9. The van der Waals surface area contributed by atoms with Crippen LogP contribution >= 0.6 is 0 Å². The maximum absolute atomic E-state index is 12.4. The van der Waals surface area contributed by atoms with Crippen LogP contribution in [0.25, 0.3) is 0 Å². The zero-order valence-corrected chi connectivity index (χ0v) is 38.5. The first-order valence-electron chi connectivity index (χ1n) is 25.3. The van der Waals surface area contributed by atoms with Gasteiger partial charge in [0.15, 0.2) is 0 Å². The number of allylic oxidation sites excluding steroid dienone is 5. The van der Waals surface area contributed by atoms with Crippen LogP contribution in [-0.4, -0.2) is 47.4 Å². The van der Waals surface area contributed by atoms with E-state index in [4.69, 9.17) is 4.74 Å². The second-order valence-corrected chi connectivity index (χ2v) is 17.1. The van der Waals surface area contributed by atoms with Gasteiger partial charge < -0.3 is 20.3 Å². The summed E-state index contributed by atoms with van der Waals surface area (Å²) in [5.74, 6) is -0.105. The van der Waals surface area contributed by atoms with Crippen LogP contribution in [0.3, 0.4) is 0 Å². The predicted molar refractivity (Wildman–Crippen MR) is 250 cm³/mol. The fraction of sp³-hybridized carbons (Fsp3) is 0.846. The molecule has 0 bridgehead atoms. The molecule has 0 aromatic heterocycles. The monoisotopic (exact) mass is 816 g/mol. The van der Waals surface area contributed by atoms with Crippen molar-refractivity contribution in [1.82, 2.24) is 5.32 Å². The zero-order valence-electron chi connectivity index (χ0n) is 38.5. The molecular formula is C52H97NO5. The third kappa shape index (κ3) is 43.7. The van der Waals surface area contributed by atoms with Crippen molar-refractivity contribution in [2.24, 2.45) is 0 Å². The molecule has 340 valence electrons. The van der Waals surface area contributed by atoms with E-state index in [1.54, 1.807) is 6.08 Å². The van der Waals surface area contributed by atoms with Gasteiger partial charge in [-0.1, -0.05) is 217 Å². The van der Waals surface area contributed by atoms with Gasteiger partial charge in [0.2, 0.25) is 5.91 Å². The Morgan fingerprint density at radius 1 is 0.483 bits per heavy atom. The minimum absolute atomic E-state index is 0.0194. The molecule has 0 aromatic rings. The summed E-state index contributed by atoms with van der Waals surface area (Å²) in [4.78, 5) is 24.4. The number of unbranched alkanes of at least 4 members (excludes halogenated alkanes) is 31. The van der Waals surface area contributed by atoms with Gasteiger partial charge in [0.25, 0.3) is 0 Å². The Morgan fingerprint density at radius 2 is 0.862 bits per heavy atom.